The van der Waals surface area contributed by atoms with Crippen LogP contribution in [0.1, 0.15) is 42.9 Å². The van der Waals surface area contributed by atoms with Gasteiger partial charge in [0, 0.05) is 29.9 Å². The average molecular weight is 255 g/mol. The highest BCUT2D eigenvalue weighted by Crippen LogP contribution is 2.33. The SMILES string of the molecule is Cc1ccncc1-c1nc(C2CCCC2)cc(=O)[nH]1. The van der Waals surface area contributed by atoms with Crippen LogP contribution >= 0.6 is 0 Å². The number of pyridine rings is 1. The minimum Gasteiger partial charge on any atom is -0.306 e. The van der Waals surface area contributed by atoms with Crippen molar-refractivity contribution >= 4 is 0 Å². The quantitative estimate of drug-likeness (QED) is 0.897. The van der Waals surface area contributed by atoms with Crippen molar-refractivity contribution in [1.82, 2.24) is 15.0 Å². The van der Waals surface area contributed by atoms with E-state index in [1.165, 1.54) is 12.8 Å². The van der Waals surface area contributed by atoms with Gasteiger partial charge in [0.2, 0.25) is 0 Å². The number of aromatic amines is 1. The minimum absolute atomic E-state index is 0.0739. The van der Waals surface area contributed by atoms with E-state index in [-0.39, 0.29) is 5.56 Å². The second kappa shape index (κ2) is 4.96. The lowest BCUT2D eigenvalue weighted by Gasteiger charge is -2.10. The van der Waals surface area contributed by atoms with Gasteiger partial charge in [0.25, 0.3) is 5.56 Å². The lowest BCUT2D eigenvalue weighted by Crippen LogP contribution is -2.12. The molecule has 1 N–H and O–H groups in total. The average Bonchev–Trinajstić information content (AvgIpc) is 2.92. The number of H-pyrrole nitrogens is 1. The maximum atomic E-state index is 11.8. The Balaban J connectivity index is 2.07. The summed E-state index contributed by atoms with van der Waals surface area (Å²) in [6.07, 6.45) is 8.26. The molecule has 1 fully saturated rings. The van der Waals surface area contributed by atoms with E-state index in [2.05, 4.69) is 15.0 Å². The molecule has 0 unspecified atom stereocenters. The van der Waals surface area contributed by atoms with Gasteiger partial charge in [-0.05, 0) is 31.4 Å². The predicted molar refractivity (Wildman–Crippen MR) is 74.0 cm³/mol. The number of nitrogens with one attached hydrogen (secondary N) is 1. The van der Waals surface area contributed by atoms with Crippen LogP contribution in [0.3, 0.4) is 0 Å². The Bertz CT molecular complexity index is 642. The van der Waals surface area contributed by atoms with Gasteiger partial charge in [0.15, 0.2) is 0 Å². The second-order valence-electron chi connectivity index (χ2n) is 5.19. The van der Waals surface area contributed by atoms with Crippen LogP contribution in [0.25, 0.3) is 11.4 Å². The van der Waals surface area contributed by atoms with E-state index in [1.54, 1.807) is 18.5 Å². The molecule has 2 aromatic heterocycles. The number of aromatic nitrogens is 3. The minimum atomic E-state index is -0.0739. The van der Waals surface area contributed by atoms with Crippen molar-refractivity contribution < 1.29 is 0 Å². The Morgan fingerprint density at radius 3 is 2.84 bits per heavy atom. The van der Waals surface area contributed by atoms with Crippen LogP contribution in [-0.4, -0.2) is 15.0 Å². The van der Waals surface area contributed by atoms with Crippen molar-refractivity contribution in [3.05, 3.63) is 46.1 Å². The van der Waals surface area contributed by atoms with E-state index in [9.17, 15) is 4.79 Å². The van der Waals surface area contributed by atoms with Gasteiger partial charge in [-0.25, -0.2) is 4.98 Å². The fraction of sp³-hybridized carbons (Fsp3) is 0.400. The molecule has 0 spiro atoms. The monoisotopic (exact) mass is 255 g/mol. The lowest BCUT2D eigenvalue weighted by molar-refractivity contribution is 0.693. The first-order valence-corrected chi connectivity index (χ1v) is 6.76. The molecule has 0 saturated heterocycles. The van der Waals surface area contributed by atoms with Crippen molar-refractivity contribution in [3.8, 4) is 11.4 Å². The van der Waals surface area contributed by atoms with Crippen LogP contribution in [0, 0.1) is 6.92 Å². The molecule has 0 aromatic carbocycles. The van der Waals surface area contributed by atoms with E-state index in [0.717, 1.165) is 29.7 Å². The summed E-state index contributed by atoms with van der Waals surface area (Å²) in [7, 11) is 0. The molecule has 3 rings (SSSR count). The Hall–Kier alpha value is -1.97. The van der Waals surface area contributed by atoms with Gasteiger partial charge in [0.05, 0.1) is 5.69 Å². The molecule has 2 aromatic rings. The summed E-state index contributed by atoms with van der Waals surface area (Å²) >= 11 is 0. The Morgan fingerprint density at radius 2 is 2.11 bits per heavy atom. The van der Waals surface area contributed by atoms with E-state index in [1.807, 2.05) is 13.0 Å². The van der Waals surface area contributed by atoms with Crippen LogP contribution < -0.4 is 5.56 Å². The summed E-state index contributed by atoms with van der Waals surface area (Å²) in [6, 6.07) is 3.57. The zero-order chi connectivity index (χ0) is 13.2. The van der Waals surface area contributed by atoms with Gasteiger partial charge in [-0.1, -0.05) is 12.8 Å². The first kappa shape index (κ1) is 12.1. The Labute approximate surface area is 111 Å². The molecule has 1 aliphatic carbocycles. The highest BCUT2D eigenvalue weighted by Gasteiger charge is 2.19. The van der Waals surface area contributed by atoms with Crippen molar-refractivity contribution in [2.75, 3.05) is 0 Å². The number of rotatable bonds is 2. The third-order valence-corrected chi connectivity index (χ3v) is 3.83. The second-order valence-corrected chi connectivity index (χ2v) is 5.19. The number of aryl methyl sites for hydroxylation is 1. The molecule has 2 heterocycles. The van der Waals surface area contributed by atoms with Crippen LogP contribution in [0.5, 0.6) is 0 Å². The Kier molecular flexibility index (Phi) is 3.15. The summed E-state index contributed by atoms with van der Waals surface area (Å²) in [4.78, 5) is 23.4. The van der Waals surface area contributed by atoms with E-state index < -0.39 is 0 Å². The summed E-state index contributed by atoms with van der Waals surface area (Å²) in [6.45, 7) is 2.00. The first-order valence-electron chi connectivity index (χ1n) is 6.76. The summed E-state index contributed by atoms with van der Waals surface area (Å²) in [5.74, 6) is 1.08. The van der Waals surface area contributed by atoms with E-state index in [0.29, 0.717) is 11.7 Å². The van der Waals surface area contributed by atoms with Gasteiger partial charge in [-0.2, -0.15) is 0 Å². The molecule has 1 saturated carbocycles. The maximum Gasteiger partial charge on any atom is 0.251 e. The van der Waals surface area contributed by atoms with Crippen molar-refractivity contribution in [2.24, 2.45) is 0 Å². The van der Waals surface area contributed by atoms with Crippen molar-refractivity contribution in [3.63, 3.8) is 0 Å². The lowest BCUT2D eigenvalue weighted by atomic mass is 10.0. The highest BCUT2D eigenvalue weighted by atomic mass is 16.1. The maximum absolute atomic E-state index is 11.8. The zero-order valence-corrected chi connectivity index (χ0v) is 11.0. The largest absolute Gasteiger partial charge is 0.306 e. The molecular formula is C15H17N3O. The zero-order valence-electron chi connectivity index (χ0n) is 11.0. The number of hydrogen-bond donors (Lipinski definition) is 1. The molecule has 0 atom stereocenters. The molecule has 0 aliphatic heterocycles. The third kappa shape index (κ3) is 2.43. The summed E-state index contributed by atoms with van der Waals surface area (Å²) in [5, 5.41) is 0. The van der Waals surface area contributed by atoms with Crippen molar-refractivity contribution in [2.45, 2.75) is 38.5 Å². The van der Waals surface area contributed by atoms with Crippen LogP contribution in [-0.2, 0) is 0 Å². The molecule has 4 heteroatoms. The van der Waals surface area contributed by atoms with E-state index in [4.69, 9.17) is 0 Å². The number of nitrogens with zero attached hydrogens (tertiary/aromatic N) is 2. The Morgan fingerprint density at radius 1 is 1.32 bits per heavy atom. The molecule has 0 bridgehead atoms. The van der Waals surface area contributed by atoms with Crippen molar-refractivity contribution in [1.29, 1.82) is 0 Å². The molecule has 1 aliphatic rings. The highest BCUT2D eigenvalue weighted by molar-refractivity contribution is 5.58. The van der Waals surface area contributed by atoms with Crippen LogP contribution in [0.4, 0.5) is 0 Å². The van der Waals surface area contributed by atoms with Gasteiger partial charge >= 0.3 is 0 Å². The third-order valence-electron chi connectivity index (χ3n) is 3.83. The molecule has 0 radical (unpaired) electrons. The van der Waals surface area contributed by atoms with E-state index >= 15 is 0 Å². The number of hydrogen-bond acceptors (Lipinski definition) is 3. The van der Waals surface area contributed by atoms with Gasteiger partial charge in [-0.15, -0.1) is 0 Å². The normalized spacial score (nSPS) is 15.8. The molecular weight excluding hydrogens is 238 g/mol. The van der Waals surface area contributed by atoms with Gasteiger partial charge in [0.1, 0.15) is 5.82 Å². The summed E-state index contributed by atoms with van der Waals surface area (Å²) in [5.41, 5.74) is 2.83. The fourth-order valence-corrected chi connectivity index (χ4v) is 2.75. The smallest absolute Gasteiger partial charge is 0.251 e. The van der Waals surface area contributed by atoms with Crippen LogP contribution in [0.15, 0.2) is 29.3 Å². The standard InChI is InChI=1S/C15H17N3O/c1-10-6-7-16-9-12(10)15-17-13(8-14(19)18-15)11-4-2-3-5-11/h6-9,11H,2-5H2,1H3,(H,17,18,19). The molecule has 19 heavy (non-hydrogen) atoms. The summed E-state index contributed by atoms with van der Waals surface area (Å²) < 4.78 is 0. The van der Waals surface area contributed by atoms with Gasteiger partial charge in [-0.3, -0.25) is 9.78 Å². The predicted octanol–water partition coefficient (Wildman–Crippen LogP) is 2.80. The topological polar surface area (TPSA) is 58.6 Å². The van der Waals surface area contributed by atoms with Gasteiger partial charge < -0.3 is 4.98 Å². The molecule has 4 nitrogen and oxygen atoms in total. The molecule has 98 valence electrons. The fourth-order valence-electron chi connectivity index (χ4n) is 2.75. The first-order chi connectivity index (χ1) is 9.24. The molecule has 0 amide bonds. The van der Waals surface area contributed by atoms with Crippen LogP contribution in [0.2, 0.25) is 0 Å².